The lowest BCUT2D eigenvalue weighted by Crippen LogP contribution is -2.23. The molecule has 0 saturated heterocycles. The van der Waals surface area contributed by atoms with Crippen molar-refractivity contribution in [3.8, 4) is 11.5 Å². The number of hydrogen-bond acceptors (Lipinski definition) is 3. The van der Waals surface area contributed by atoms with Gasteiger partial charge >= 0.3 is 0 Å². The lowest BCUT2D eigenvalue weighted by Gasteiger charge is -2.13. The predicted octanol–water partition coefficient (Wildman–Crippen LogP) is 4.64. The van der Waals surface area contributed by atoms with E-state index in [9.17, 15) is 0 Å². The Balaban J connectivity index is 1.61. The Morgan fingerprint density at radius 3 is 2.86 bits per heavy atom. The van der Waals surface area contributed by atoms with Crippen LogP contribution in [0.4, 0.5) is 5.69 Å². The van der Waals surface area contributed by atoms with E-state index in [2.05, 4.69) is 43.2 Å². The van der Waals surface area contributed by atoms with Crippen LogP contribution in [0.1, 0.15) is 5.56 Å². The van der Waals surface area contributed by atoms with Gasteiger partial charge < -0.3 is 14.8 Å². The van der Waals surface area contributed by atoms with Crippen molar-refractivity contribution in [2.24, 2.45) is 0 Å². The molecule has 1 atom stereocenters. The van der Waals surface area contributed by atoms with Gasteiger partial charge in [-0.25, -0.2) is 0 Å². The molecule has 0 fully saturated rings. The normalized spacial score (nSPS) is 16.2. The van der Waals surface area contributed by atoms with Gasteiger partial charge in [0, 0.05) is 16.6 Å². The first-order valence-corrected chi connectivity index (χ1v) is 8.27. The third-order valence-corrected chi connectivity index (χ3v) is 4.56. The van der Waals surface area contributed by atoms with Crippen molar-refractivity contribution in [3.63, 3.8) is 0 Å². The Bertz CT molecular complexity index is 661. The van der Waals surface area contributed by atoms with Crippen LogP contribution in [0.25, 0.3) is 0 Å². The first kappa shape index (κ1) is 14.7. The van der Waals surface area contributed by atoms with Gasteiger partial charge in [-0.2, -0.15) is 0 Å². The van der Waals surface area contributed by atoms with E-state index in [1.54, 1.807) is 7.11 Å². The van der Waals surface area contributed by atoms with Crippen LogP contribution in [0.15, 0.2) is 45.3 Å². The van der Waals surface area contributed by atoms with Crippen LogP contribution in [0, 0.1) is 0 Å². The van der Waals surface area contributed by atoms with Crippen LogP contribution in [-0.4, -0.2) is 19.8 Å². The maximum atomic E-state index is 5.94. The number of methoxy groups -OCH3 is 1. The van der Waals surface area contributed by atoms with Gasteiger partial charge in [-0.1, -0.05) is 15.9 Å². The Kier molecular flexibility index (Phi) is 4.40. The number of halogens is 2. The van der Waals surface area contributed by atoms with Crippen LogP contribution in [0.3, 0.4) is 0 Å². The highest BCUT2D eigenvalue weighted by Gasteiger charge is 2.22. The summed E-state index contributed by atoms with van der Waals surface area (Å²) in [6.45, 7) is 0.769. The molecule has 1 aliphatic heterocycles. The monoisotopic (exact) mass is 411 g/mol. The van der Waals surface area contributed by atoms with E-state index < -0.39 is 0 Å². The fourth-order valence-electron chi connectivity index (χ4n) is 2.41. The molecule has 0 bridgehead atoms. The molecule has 1 unspecified atom stereocenters. The molecule has 1 aliphatic rings. The highest BCUT2D eigenvalue weighted by atomic mass is 79.9. The third-order valence-electron chi connectivity index (χ3n) is 3.45. The number of ether oxygens (including phenoxy) is 2. The van der Waals surface area contributed by atoms with E-state index >= 15 is 0 Å². The zero-order valence-corrected chi connectivity index (χ0v) is 14.7. The molecule has 2 aromatic carbocycles. The molecular formula is C16H15Br2NO2. The molecule has 2 aromatic rings. The SMILES string of the molecule is COc1ccc(NCC2Cc3cc(Br)ccc3O2)cc1Br. The van der Waals surface area contributed by atoms with Crippen molar-refractivity contribution in [2.45, 2.75) is 12.5 Å². The first-order valence-electron chi connectivity index (χ1n) is 6.68. The van der Waals surface area contributed by atoms with Gasteiger partial charge in [0.15, 0.2) is 0 Å². The molecular weight excluding hydrogens is 398 g/mol. The molecule has 5 heteroatoms. The standard InChI is InChI=1S/C16H15Br2NO2/c1-20-16-5-3-12(8-14(16)18)19-9-13-7-10-6-11(17)2-4-15(10)21-13/h2-6,8,13,19H,7,9H2,1H3. The lowest BCUT2D eigenvalue weighted by molar-refractivity contribution is 0.246. The van der Waals surface area contributed by atoms with Crippen molar-refractivity contribution in [3.05, 3.63) is 50.9 Å². The summed E-state index contributed by atoms with van der Waals surface area (Å²) in [4.78, 5) is 0. The van der Waals surface area contributed by atoms with E-state index in [0.717, 1.165) is 39.1 Å². The second-order valence-electron chi connectivity index (χ2n) is 4.93. The summed E-state index contributed by atoms with van der Waals surface area (Å²) >= 11 is 6.98. The van der Waals surface area contributed by atoms with Gasteiger partial charge in [0.05, 0.1) is 18.1 Å². The molecule has 21 heavy (non-hydrogen) atoms. The maximum absolute atomic E-state index is 5.94. The summed E-state index contributed by atoms with van der Waals surface area (Å²) in [5.74, 6) is 1.82. The summed E-state index contributed by atoms with van der Waals surface area (Å²) < 4.78 is 13.2. The molecule has 0 aromatic heterocycles. The molecule has 0 radical (unpaired) electrons. The minimum Gasteiger partial charge on any atom is -0.496 e. The van der Waals surface area contributed by atoms with Crippen LogP contribution >= 0.6 is 31.9 Å². The van der Waals surface area contributed by atoms with Gasteiger partial charge in [-0.15, -0.1) is 0 Å². The maximum Gasteiger partial charge on any atom is 0.133 e. The number of fused-ring (bicyclic) bond motifs is 1. The molecule has 0 aliphatic carbocycles. The van der Waals surface area contributed by atoms with Crippen molar-refractivity contribution in [1.82, 2.24) is 0 Å². The van der Waals surface area contributed by atoms with Gasteiger partial charge in [-0.3, -0.25) is 0 Å². The van der Waals surface area contributed by atoms with Gasteiger partial charge in [0.1, 0.15) is 17.6 Å². The number of anilines is 1. The van der Waals surface area contributed by atoms with Crippen molar-refractivity contribution >= 4 is 37.5 Å². The van der Waals surface area contributed by atoms with Crippen molar-refractivity contribution in [2.75, 3.05) is 19.0 Å². The molecule has 0 amide bonds. The van der Waals surface area contributed by atoms with Crippen LogP contribution < -0.4 is 14.8 Å². The second kappa shape index (κ2) is 6.28. The van der Waals surface area contributed by atoms with Crippen molar-refractivity contribution in [1.29, 1.82) is 0 Å². The van der Waals surface area contributed by atoms with Gasteiger partial charge in [-0.05, 0) is 57.9 Å². The topological polar surface area (TPSA) is 30.5 Å². The summed E-state index contributed by atoms with van der Waals surface area (Å²) in [6, 6.07) is 12.1. The highest BCUT2D eigenvalue weighted by Crippen LogP contribution is 2.32. The quantitative estimate of drug-likeness (QED) is 0.793. The zero-order valence-electron chi connectivity index (χ0n) is 11.5. The van der Waals surface area contributed by atoms with Gasteiger partial charge in [0.2, 0.25) is 0 Å². The highest BCUT2D eigenvalue weighted by molar-refractivity contribution is 9.10. The third kappa shape index (κ3) is 3.35. The smallest absolute Gasteiger partial charge is 0.133 e. The van der Waals surface area contributed by atoms with Crippen LogP contribution in [-0.2, 0) is 6.42 Å². The summed E-state index contributed by atoms with van der Waals surface area (Å²) in [5, 5.41) is 3.41. The van der Waals surface area contributed by atoms with Crippen LogP contribution in [0.5, 0.6) is 11.5 Å². The molecule has 3 nitrogen and oxygen atoms in total. The molecule has 0 saturated carbocycles. The number of benzene rings is 2. The first-order chi connectivity index (χ1) is 10.2. The summed E-state index contributed by atoms with van der Waals surface area (Å²) in [7, 11) is 1.66. The molecule has 3 rings (SSSR count). The molecule has 1 N–H and O–H groups in total. The number of nitrogens with one attached hydrogen (secondary N) is 1. The lowest BCUT2D eigenvalue weighted by atomic mass is 10.1. The molecule has 0 spiro atoms. The molecule has 1 heterocycles. The summed E-state index contributed by atoms with van der Waals surface area (Å²) in [6.07, 6.45) is 1.09. The van der Waals surface area contributed by atoms with E-state index in [-0.39, 0.29) is 6.10 Å². The fraction of sp³-hybridized carbons (Fsp3) is 0.250. The van der Waals surface area contributed by atoms with E-state index in [4.69, 9.17) is 9.47 Å². The Labute approximate surface area is 140 Å². The number of hydrogen-bond donors (Lipinski definition) is 1. The zero-order chi connectivity index (χ0) is 14.8. The largest absolute Gasteiger partial charge is 0.496 e. The molecule has 110 valence electrons. The number of rotatable bonds is 4. The average molecular weight is 413 g/mol. The van der Waals surface area contributed by atoms with E-state index in [1.165, 1.54) is 5.56 Å². The Morgan fingerprint density at radius 1 is 1.24 bits per heavy atom. The minimum absolute atomic E-state index is 0.162. The summed E-state index contributed by atoms with van der Waals surface area (Å²) in [5.41, 5.74) is 2.30. The van der Waals surface area contributed by atoms with Gasteiger partial charge in [0.25, 0.3) is 0 Å². The van der Waals surface area contributed by atoms with Crippen LogP contribution in [0.2, 0.25) is 0 Å². The van der Waals surface area contributed by atoms with E-state index in [0.29, 0.717) is 0 Å². The van der Waals surface area contributed by atoms with E-state index in [1.807, 2.05) is 30.3 Å². The second-order valence-corrected chi connectivity index (χ2v) is 6.70. The Hall–Kier alpha value is -1.20. The predicted molar refractivity (Wildman–Crippen MR) is 91.4 cm³/mol. The minimum atomic E-state index is 0.162. The Morgan fingerprint density at radius 2 is 2.10 bits per heavy atom. The van der Waals surface area contributed by atoms with Crippen molar-refractivity contribution < 1.29 is 9.47 Å². The fourth-order valence-corrected chi connectivity index (χ4v) is 3.36. The average Bonchev–Trinajstić information content (AvgIpc) is 2.87.